The van der Waals surface area contributed by atoms with Crippen LogP contribution in [0.1, 0.15) is 111 Å². The molecule has 1 amide bonds. The average molecular weight is 1960 g/mol. The topological polar surface area (TPSA) is 376 Å². The minimum Gasteiger partial charge on any atom is -0.495 e. The highest BCUT2D eigenvalue weighted by molar-refractivity contribution is 6.32. The van der Waals surface area contributed by atoms with Crippen LogP contribution in [-0.2, 0) is 68.2 Å². The molecule has 0 aliphatic heterocycles. The number of nitrogens with zero attached hydrogens (tertiary/aromatic N) is 13. The molecule has 18 heterocycles. The van der Waals surface area contributed by atoms with Crippen LogP contribution < -0.4 is 26.3 Å². The van der Waals surface area contributed by atoms with Gasteiger partial charge in [-0.2, -0.15) is 39.5 Å². The summed E-state index contributed by atoms with van der Waals surface area (Å²) in [5.41, 5.74) is 23.0. The van der Waals surface area contributed by atoms with Gasteiger partial charge >= 0.3 is 24.6 Å². The number of carbonyl (C=O) groups is 1. The molecular weight excluding hydrogens is 1870 g/mol. The molecule has 11 N–H and O–H groups in total. The Hall–Kier alpha value is -13.8. The van der Waals surface area contributed by atoms with E-state index in [2.05, 4.69) is 99.8 Å². The summed E-state index contributed by atoms with van der Waals surface area (Å²) in [5.74, 6) is 2.31. The van der Waals surface area contributed by atoms with Crippen LogP contribution in [0.2, 0.25) is 25.1 Å². The smallest absolute Gasteiger partial charge is 0.433 e. The first-order valence-corrected chi connectivity index (χ1v) is 42.0. The van der Waals surface area contributed by atoms with Crippen LogP contribution in [0.4, 0.5) is 61.8 Å². The second kappa shape index (κ2) is 46.0. The van der Waals surface area contributed by atoms with E-state index in [0.717, 1.165) is 136 Å². The number of nitrogens with two attached hydrogens (primary N) is 2. The summed E-state index contributed by atoms with van der Waals surface area (Å²) in [6.45, 7) is 5.40. The molecule has 0 saturated carbocycles. The van der Waals surface area contributed by atoms with Crippen LogP contribution in [0.25, 0.3) is 55.2 Å². The van der Waals surface area contributed by atoms with Crippen LogP contribution in [0.5, 0.6) is 11.5 Å². The Morgan fingerprint density at radius 3 is 1.14 bits per heavy atom. The van der Waals surface area contributed by atoms with E-state index < -0.39 is 53.4 Å². The maximum absolute atomic E-state index is 12.6. The number of amides is 1. The van der Waals surface area contributed by atoms with Crippen molar-refractivity contribution in [2.45, 2.75) is 96.0 Å². The van der Waals surface area contributed by atoms with Gasteiger partial charge in [-0.1, -0.05) is 94.4 Å². The van der Waals surface area contributed by atoms with E-state index >= 15 is 0 Å². The monoisotopic (exact) mass is 1950 g/mol. The number of ether oxygens (including phenoxy) is 3. The van der Waals surface area contributed by atoms with Crippen molar-refractivity contribution in [3.63, 3.8) is 0 Å². The van der Waals surface area contributed by atoms with Crippen molar-refractivity contribution >= 4 is 149 Å². The van der Waals surface area contributed by atoms with Gasteiger partial charge in [0, 0.05) is 168 Å². The second-order valence-electron chi connectivity index (χ2n) is 30.2. The molecule has 1 atom stereocenters. The van der Waals surface area contributed by atoms with E-state index in [1.54, 1.807) is 114 Å². The van der Waals surface area contributed by atoms with Crippen LogP contribution >= 0.6 is 70.4 Å². The molecule has 0 fully saturated rings. The van der Waals surface area contributed by atoms with Crippen molar-refractivity contribution in [3.8, 4) is 11.5 Å². The predicted molar refractivity (Wildman–Crippen MR) is 501 cm³/mol. The van der Waals surface area contributed by atoms with Gasteiger partial charge in [-0.05, 0) is 188 Å². The number of pyridine rings is 13. The molecule has 0 aliphatic carbocycles. The lowest BCUT2D eigenvalue weighted by Gasteiger charge is -2.19. The first kappa shape index (κ1) is 101. The van der Waals surface area contributed by atoms with Crippen molar-refractivity contribution in [3.05, 3.63) is 354 Å². The highest BCUT2D eigenvalue weighted by Crippen LogP contribution is 2.34. The van der Waals surface area contributed by atoms with Crippen LogP contribution in [-0.4, -0.2) is 121 Å². The van der Waals surface area contributed by atoms with E-state index in [1.165, 1.54) is 43.9 Å². The van der Waals surface area contributed by atoms with E-state index in [1.807, 2.05) is 97.8 Å². The van der Waals surface area contributed by atoms with E-state index in [9.17, 15) is 49.4 Å². The van der Waals surface area contributed by atoms with Crippen LogP contribution in [0.3, 0.4) is 0 Å². The van der Waals surface area contributed by atoms with Crippen LogP contribution in [0, 0.1) is 0 Å². The zero-order valence-electron chi connectivity index (χ0n) is 71.4. The summed E-state index contributed by atoms with van der Waals surface area (Å²) < 4.78 is 126. The third-order valence-corrected chi connectivity index (χ3v) is 20.3. The summed E-state index contributed by atoms with van der Waals surface area (Å²) in [6, 6.07) is 36.7. The maximum atomic E-state index is 12.6. The van der Waals surface area contributed by atoms with Gasteiger partial charge in [0.15, 0.2) is 0 Å². The Kier molecular flexibility index (Phi) is 34.6. The molecule has 1 unspecified atom stereocenters. The Morgan fingerprint density at radius 1 is 0.396 bits per heavy atom. The highest BCUT2D eigenvalue weighted by Gasteiger charge is 2.34. The molecule has 0 radical (unpaired) electrons. The molecule has 18 aromatic rings. The Labute approximate surface area is 790 Å². The number of fused-ring (bicyclic) bond motifs is 5. The summed E-state index contributed by atoms with van der Waals surface area (Å²) in [5, 5.41) is 20.8. The molecule has 0 aliphatic rings. The number of nitrogens with one attached hydrogen (secondary N) is 6. The molecule has 18 rings (SSSR count). The molecule has 694 valence electrons. The zero-order valence-corrected chi connectivity index (χ0v) is 76.0. The molecule has 0 bridgehead atoms. The fourth-order valence-corrected chi connectivity index (χ4v) is 13.5. The van der Waals surface area contributed by atoms with Crippen molar-refractivity contribution in [2.75, 3.05) is 31.0 Å². The van der Waals surface area contributed by atoms with E-state index in [4.69, 9.17) is 78.9 Å². The van der Waals surface area contributed by atoms with E-state index in [-0.39, 0.29) is 12.4 Å². The molecule has 0 aromatic carbocycles. The number of alkyl halides is 9. The SMILES string of the molecule is COc1ccc(C(F)(F)F)nc1.COc1ccc(NC(=O)OC(C)(C)C)nc1.Cl.Clc1cnc2[nH]ccc2c1.FC(F)(F)c1ccc(CCc2ccc(Cc3c[nH]c4ncc(Cl)cc34)cn2)cn1.FC(F)(F)c1ccc(CCc2ccc(Cc3c[nH]c4ncc(Cl)cc34)cn2)cn1.Nc1ccc(C(O)c2c[nH]c3ncc(Cl)cc23)cn1.Nc1ccc(Cc2c[nH]c3ncc(Cl)cc23)cn1. The molecule has 26 nitrogen and oxygen atoms in total. The molecule has 0 saturated heterocycles. The number of anilines is 3. The highest BCUT2D eigenvalue weighted by atomic mass is 35.5. The van der Waals surface area contributed by atoms with Gasteiger partial charge in [-0.15, -0.1) is 12.4 Å². The van der Waals surface area contributed by atoms with Gasteiger partial charge in [0.1, 0.15) is 86.0 Å². The third-order valence-electron chi connectivity index (χ3n) is 19.3. The number of aromatic amines is 5. The van der Waals surface area contributed by atoms with Crippen molar-refractivity contribution in [1.82, 2.24) is 89.7 Å². The summed E-state index contributed by atoms with van der Waals surface area (Å²) in [4.78, 5) is 78.9. The summed E-state index contributed by atoms with van der Waals surface area (Å²) in [7, 11) is 2.92. The quantitative estimate of drug-likeness (QED) is 0.0382. The summed E-state index contributed by atoms with van der Waals surface area (Å²) >= 11 is 29.7. The average Bonchev–Trinajstić information content (AvgIpc) is 1.62. The first-order chi connectivity index (χ1) is 63.4. The minimum absolute atomic E-state index is 0. The Morgan fingerprint density at radius 2 is 0.769 bits per heavy atom. The Bertz CT molecular complexity index is 6660. The number of aryl methyl sites for hydroxylation is 4. The fourth-order valence-electron chi connectivity index (χ4n) is 12.7. The number of halogens is 15. The second-order valence-corrected chi connectivity index (χ2v) is 32.4. The minimum atomic E-state index is -4.41. The lowest BCUT2D eigenvalue weighted by atomic mass is 10.0. The number of H-pyrrole nitrogens is 5. The molecule has 18 aromatic heterocycles. The third kappa shape index (κ3) is 29.6. The number of aliphatic hydroxyl groups excluding tert-OH is 1. The van der Waals surface area contributed by atoms with Gasteiger partial charge in [0.25, 0.3) is 0 Å². The number of hydrogen-bond acceptors (Lipinski definition) is 20. The number of rotatable bonds is 17. The van der Waals surface area contributed by atoms with Gasteiger partial charge < -0.3 is 55.7 Å². The number of methoxy groups -OCH3 is 2. The van der Waals surface area contributed by atoms with Crippen LogP contribution in [0.15, 0.2) is 245 Å². The first-order valence-electron chi connectivity index (χ1n) is 40.1. The number of aromatic nitrogens is 18. The Balaban J connectivity index is 0.000000154. The molecule has 41 heteroatoms. The lowest BCUT2D eigenvalue weighted by molar-refractivity contribution is -0.142. The summed E-state index contributed by atoms with van der Waals surface area (Å²) in [6.07, 6.45) is 19.4. The standard InChI is InChI=1S/2C21H16ClF3N4.C13H11ClN4O.C13H11ClN4.C11H16N2O3.C7H5ClN2.C7H6F3NO.ClH/c2*22-16-8-18-15(11-28-20(18)29-12-16)7-14-2-5-17(26-10-14)4-1-13-3-6-19(27-9-13)21(23,24)25;14-8-3-9-10(6-18-13(9)17-5-8)12(19)7-1-2-11(15)16-4-7;14-10-4-11-9(6-17-13(11)18-7-10)3-8-1-2-12(15)16-5-8;1-11(2,3)16-10(14)13-9-6-5-8(15-4)7-12-9;8-6-3-5-1-2-9-7(5)10-4-6;1-12-5-2-3-6(11-4-5)7(8,9)10;/h2*2-3,5-6,8-12H,1,4,7H2,(H,28,29);1-6,12,19H,(H2,15,16)(H,17,18);1-2,4-7H,3H2,(H2,15,16)(H,17,18);5-7H,1-4H3,(H,12,13,14);1-4H,(H,9,10);2-4H,1H3;1H. The van der Waals surface area contributed by atoms with Crippen molar-refractivity contribution in [1.29, 1.82) is 0 Å². The number of aliphatic hydroxyl groups is 1. The molecular formula is C93H82Cl6F9N21O5. The molecule has 0 spiro atoms. The zero-order chi connectivity index (χ0) is 95.2. The van der Waals surface area contributed by atoms with Gasteiger partial charge in [0.05, 0.1) is 51.7 Å². The molecule has 134 heavy (non-hydrogen) atoms. The van der Waals surface area contributed by atoms with Crippen molar-refractivity contribution in [2.24, 2.45) is 0 Å². The number of carbonyl (C=O) groups excluding carboxylic acids is 1. The maximum Gasteiger partial charge on any atom is 0.433 e. The van der Waals surface area contributed by atoms with Gasteiger partial charge in [-0.25, -0.2) is 49.7 Å². The predicted octanol–water partition coefficient (Wildman–Crippen LogP) is 23.0. The normalized spacial score (nSPS) is 11.5. The largest absolute Gasteiger partial charge is 0.495 e. The number of nitrogen functional groups attached to an aromatic ring is 2. The fraction of sp³-hybridized carbons (Fsp3) is 0.183. The number of hydrogen-bond donors (Lipinski definition) is 9. The van der Waals surface area contributed by atoms with E-state index in [0.29, 0.717) is 109 Å². The lowest BCUT2D eigenvalue weighted by Crippen LogP contribution is -2.27. The van der Waals surface area contributed by atoms with Crippen molar-refractivity contribution < 1.29 is 63.6 Å². The van der Waals surface area contributed by atoms with Gasteiger partial charge in [0.2, 0.25) is 0 Å². The van der Waals surface area contributed by atoms with Gasteiger partial charge in [-0.3, -0.25) is 25.3 Å².